The topological polar surface area (TPSA) is 160 Å². The maximum atomic E-state index is 17.2. The van der Waals surface area contributed by atoms with Gasteiger partial charge in [0.25, 0.3) is 5.91 Å². The molecule has 7 aliphatic heterocycles. The number of anilines is 2. The highest BCUT2D eigenvalue weighted by Gasteiger charge is 2.49. The zero-order valence-corrected chi connectivity index (χ0v) is 40.6. The molecule has 3 atom stereocenters. The van der Waals surface area contributed by atoms with E-state index in [0.717, 1.165) is 131 Å². The van der Waals surface area contributed by atoms with E-state index in [2.05, 4.69) is 49.3 Å². The molecular weight excluding hydrogens is 900 g/mol. The number of aromatic hydroxyl groups is 1. The molecule has 8 aliphatic rings. The Hall–Kier alpha value is -5.97. The van der Waals surface area contributed by atoms with Gasteiger partial charge in [-0.3, -0.25) is 34.5 Å². The number of phenols is 1. The average molecular weight is 963 g/mol. The van der Waals surface area contributed by atoms with E-state index in [1.807, 2.05) is 24.3 Å². The lowest BCUT2D eigenvalue weighted by molar-refractivity contribution is -0.136. The molecule has 3 amide bonds. The Bertz CT molecular complexity index is 2970. The number of halogens is 1. The average Bonchev–Trinajstić information content (AvgIpc) is 3.95. The first-order valence-corrected chi connectivity index (χ1v) is 26.2. The van der Waals surface area contributed by atoms with Gasteiger partial charge in [0.1, 0.15) is 28.8 Å². The number of carbonyl (C=O) groups is 3. The highest BCUT2D eigenvalue weighted by Crippen LogP contribution is 2.49. The van der Waals surface area contributed by atoms with Gasteiger partial charge in [-0.1, -0.05) is 25.1 Å². The van der Waals surface area contributed by atoms with Gasteiger partial charge in [-0.2, -0.15) is 9.97 Å². The molecule has 3 aromatic carbocycles. The van der Waals surface area contributed by atoms with Gasteiger partial charge in [0.05, 0.1) is 12.0 Å². The molecule has 2 bridgehead atoms. The molecule has 1 aliphatic carbocycles. The lowest BCUT2D eigenvalue weighted by Crippen LogP contribution is -2.62. The molecule has 71 heavy (non-hydrogen) atoms. The number of ether oxygens (including phenoxy) is 1. The smallest absolute Gasteiger partial charge is 0.319 e. The Morgan fingerprint density at radius 2 is 1.63 bits per heavy atom. The van der Waals surface area contributed by atoms with E-state index >= 15 is 4.39 Å². The van der Waals surface area contributed by atoms with Crippen LogP contribution in [0.3, 0.4) is 0 Å². The number of benzene rings is 3. The van der Waals surface area contributed by atoms with E-state index in [4.69, 9.17) is 19.7 Å². The number of hydrogen-bond donors (Lipinski definition) is 3. The first-order chi connectivity index (χ1) is 34.5. The maximum absolute atomic E-state index is 17.2. The fourth-order valence-corrected chi connectivity index (χ4v) is 13.4. The van der Waals surface area contributed by atoms with Gasteiger partial charge in [0.2, 0.25) is 11.8 Å². The lowest BCUT2D eigenvalue weighted by atomic mass is 9.71. The molecule has 3 N–H and O–H groups in total. The number of fused-ring (bicyclic) bond motifs is 5. The fraction of sp³-hybridized carbons (Fsp3) is 0.527. The van der Waals surface area contributed by atoms with Gasteiger partial charge in [-0.25, -0.2) is 4.39 Å². The van der Waals surface area contributed by atoms with Gasteiger partial charge < -0.3 is 29.9 Å². The highest BCUT2D eigenvalue weighted by atomic mass is 19.1. The van der Waals surface area contributed by atoms with Crippen molar-refractivity contribution in [3.63, 3.8) is 0 Å². The summed E-state index contributed by atoms with van der Waals surface area (Å²) in [5, 5.41) is 19.2. The van der Waals surface area contributed by atoms with E-state index in [0.29, 0.717) is 65.4 Å². The molecule has 370 valence electrons. The maximum Gasteiger partial charge on any atom is 0.319 e. The third-order valence-corrected chi connectivity index (χ3v) is 17.9. The summed E-state index contributed by atoms with van der Waals surface area (Å²) < 4.78 is 23.8. The third-order valence-electron chi connectivity index (χ3n) is 17.9. The largest absolute Gasteiger partial charge is 0.508 e. The minimum atomic E-state index is -0.600. The molecule has 13 rings (SSSR count). The van der Waals surface area contributed by atoms with Crippen molar-refractivity contribution >= 4 is 50.9 Å². The van der Waals surface area contributed by atoms with Crippen molar-refractivity contribution in [1.29, 1.82) is 0 Å². The number of amides is 3. The van der Waals surface area contributed by atoms with Crippen molar-refractivity contribution < 1.29 is 28.6 Å². The number of nitrogens with zero attached hydrogens (tertiary/aromatic N) is 8. The number of aryl methyl sites for hydroxylation is 1. The predicted molar refractivity (Wildman–Crippen MR) is 268 cm³/mol. The van der Waals surface area contributed by atoms with Gasteiger partial charge in [-0.15, -0.1) is 0 Å². The monoisotopic (exact) mass is 962 g/mol. The van der Waals surface area contributed by atoms with Crippen molar-refractivity contribution in [2.75, 3.05) is 75.3 Å². The standard InChI is InChI=1S/C55H63FN10O5/c1-2-33-4-3-5-34-23-40(67)24-42(46(33)34)48-47(56)49-43(25-57-48)50(65-27-36-6-7-37(28-65)58-36)61-53(60-49)71-32-55(12-13-55)31-62-29-39(30-62)64-20-16-54(17-21-64)14-18-63(19-15-54)38-8-9-41-35(22-38)26-66(52(41)70)44-10-11-45(68)59-51(44)69/h3-5,8-9,22-25,36-37,39,44,58,67H,2,6-7,10-21,26-32H2,1H3,(H,59,68,69). The molecule has 3 unspecified atom stereocenters. The number of piperazine rings is 1. The van der Waals surface area contributed by atoms with Crippen LogP contribution in [0.1, 0.15) is 92.6 Å². The van der Waals surface area contributed by atoms with Gasteiger partial charge in [-0.05, 0) is 135 Å². The molecule has 1 spiro atoms. The van der Waals surface area contributed by atoms with Crippen LogP contribution in [0, 0.1) is 16.6 Å². The van der Waals surface area contributed by atoms with Crippen LogP contribution in [0.5, 0.6) is 11.8 Å². The van der Waals surface area contributed by atoms with Crippen LogP contribution in [0.2, 0.25) is 0 Å². The summed E-state index contributed by atoms with van der Waals surface area (Å²) in [5.74, 6) is -0.585. The lowest BCUT2D eigenvalue weighted by Gasteiger charge is -2.52. The molecule has 1 saturated carbocycles. The first-order valence-electron chi connectivity index (χ1n) is 26.2. The van der Waals surface area contributed by atoms with Gasteiger partial charge in [0.15, 0.2) is 5.82 Å². The molecule has 15 nitrogen and oxygen atoms in total. The minimum absolute atomic E-state index is 0.0256. The molecule has 2 aromatic heterocycles. The summed E-state index contributed by atoms with van der Waals surface area (Å²) in [7, 11) is 0. The van der Waals surface area contributed by atoms with E-state index in [-0.39, 0.29) is 52.5 Å². The Morgan fingerprint density at radius 3 is 2.38 bits per heavy atom. The van der Waals surface area contributed by atoms with Gasteiger partial charge >= 0.3 is 6.01 Å². The number of aromatic nitrogens is 3. The highest BCUT2D eigenvalue weighted by molar-refractivity contribution is 6.06. The zero-order chi connectivity index (χ0) is 48.2. The number of likely N-dealkylation sites (tertiary alicyclic amines) is 2. The number of hydrogen-bond acceptors (Lipinski definition) is 13. The van der Waals surface area contributed by atoms with E-state index in [1.54, 1.807) is 23.2 Å². The quantitative estimate of drug-likeness (QED) is 0.129. The summed E-state index contributed by atoms with van der Waals surface area (Å²) in [4.78, 5) is 63.8. The second-order valence-electron chi connectivity index (χ2n) is 22.3. The van der Waals surface area contributed by atoms with Crippen molar-refractivity contribution in [3.8, 4) is 23.0 Å². The van der Waals surface area contributed by atoms with Crippen LogP contribution < -0.4 is 25.2 Å². The number of carbonyl (C=O) groups excluding carboxylic acids is 3. The number of imide groups is 1. The number of pyridine rings is 1. The molecule has 9 heterocycles. The summed E-state index contributed by atoms with van der Waals surface area (Å²) in [6.07, 6.45) is 12.2. The predicted octanol–water partition coefficient (Wildman–Crippen LogP) is 6.18. The van der Waals surface area contributed by atoms with Crippen LogP contribution in [0.25, 0.3) is 32.9 Å². The minimum Gasteiger partial charge on any atom is -0.508 e. The number of nitrogens with one attached hydrogen (secondary N) is 2. The Balaban J connectivity index is 0.636. The molecule has 7 fully saturated rings. The second-order valence-corrected chi connectivity index (χ2v) is 22.3. The summed E-state index contributed by atoms with van der Waals surface area (Å²) in [5.41, 5.74) is 5.11. The first kappa shape index (κ1) is 44.9. The Labute approximate surface area is 413 Å². The van der Waals surface area contributed by atoms with Crippen LogP contribution in [0.4, 0.5) is 15.9 Å². The van der Waals surface area contributed by atoms with Gasteiger partial charge in [0, 0.05) is 105 Å². The Kier molecular flexibility index (Phi) is 11.0. The molecule has 5 aromatic rings. The number of phenolic OH excluding ortho intramolecular Hbond substituents is 1. The number of rotatable bonds is 11. The summed E-state index contributed by atoms with van der Waals surface area (Å²) in [6, 6.07) is 16.3. The van der Waals surface area contributed by atoms with Crippen LogP contribution in [-0.4, -0.2) is 142 Å². The van der Waals surface area contributed by atoms with Crippen molar-refractivity contribution in [2.24, 2.45) is 10.8 Å². The van der Waals surface area contributed by atoms with Crippen molar-refractivity contribution in [3.05, 3.63) is 77.2 Å². The normalized spacial score (nSPS) is 25.3. The van der Waals surface area contributed by atoms with E-state index in [1.165, 1.54) is 12.8 Å². The second kappa shape index (κ2) is 17.4. The summed E-state index contributed by atoms with van der Waals surface area (Å²) >= 11 is 0. The van der Waals surface area contributed by atoms with Crippen LogP contribution >= 0.6 is 0 Å². The molecule has 6 saturated heterocycles. The summed E-state index contributed by atoms with van der Waals surface area (Å²) in [6.45, 7) is 11.9. The van der Waals surface area contributed by atoms with Crippen molar-refractivity contribution in [2.45, 2.75) is 108 Å². The molecule has 16 heteroatoms. The molecule has 0 radical (unpaired) electrons. The molecular formula is C55H63FN10O5. The van der Waals surface area contributed by atoms with Crippen LogP contribution in [-0.2, 0) is 22.6 Å². The van der Waals surface area contributed by atoms with E-state index in [9.17, 15) is 19.5 Å². The third kappa shape index (κ3) is 8.13. The Morgan fingerprint density at radius 1 is 0.859 bits per heavy atom. The SMILES string of the molecule is CCc1cccc2cc(O)cc(-c3ncc4c(N5CC6CCC(C5)N6)nc(OCC5(CN6CC(N7CCC8(CCN(c9ccc%10c(c9)CN(C9CCC(=O)NC9=O)C%10=O)CC8)CC7)C6)CC5)nc4c3F)c12. The number of piperidine rings is 3. The van der Waals surface area contributed by atoms with E-state index < -0.39 is 11.9 Å². The zero-order valence-electron chi connectivity index (χ0n) is 40.6. The van der Waals surface area contributed by atoms with Crippen LogP contribution in [0.15, 0.2) is 54.7 Å². The fourth-order valence-electron chi connectivity index (χ4n) is 13.4. The van der Waals surface area contributed by atoms with Crippen molar-refractivity contribution in [1.82, 2.24) is 40.3 Å².